The van der Waals surface area contributed by atoms with Crippen LogP contribution in [-0.2, 0) is 16.1 Å². The van der Waals surface area contributed by atoms with E-state index in [9.17, 15) is 9.59 Å². The molecule has 0 N–H and O–H groups in total. The minimum atomic E-state index is -0.131. The summed E-state index contributed by atoms with van der Waals surface area (Å²) in [5.41, 5.74) is 0. The minimum Gasteiger partial charge on any atom is -0.467 e. The van der Waals surface area contributed by atoms with Gasteiger partial charge in [-0.25, -0.2) is 0 Å². The normalized spacial score (nSPS) is 10.3. The van der Waals surface area contributed by atoms with E-state index >= 15 is 0 Å². The van der Waals surface area contributed by atoms with Crippen molar-refractivity contribution in [2.75, 3.05) is 20.1 Å². The van der Waals surface area contributed by atoms with Crippen molar-refractivity contribution in [3.05, 3.63) is 24.2 Å². The Morgan fingerprint density at radius 3 is 2.63 bits per heavy atom. The molecule has 19 heavy (non-hydrogen) atoms. The number of nitrogens with zero attached hydrogens (tertiary/aromatic N) is 2. The standard InChI is InChI=1S/C14H22N2O3/c1-4-5-8-15(3)14(18)11-16(12(2)17)10-13-7-6-9-19-13/h6-7,9H,4-5,8,10-11H2,1-3H3. The molecule has 1 aromatic heterocycles. The average Bonchev–Trinajstić information content (AvgIpc) is 2.87. The van der Waals surface area contributed by atoms with E-state index in [1.165, 1.54) is 11.8 Å². The van der Waals surface area contributed by atoms with E-state index < -0.39 is 0 Å². The summed E-state index contributed by atoms with van der Waals surface area (Å²) in [5, 5.41) is 0. The molecule has 0 radical (unpaired) electrons. The van der Waals surface area contributed by atoms with Crippen molar-refractivity contribution in [1.82, 2.24) is 9.80 Å². The third-order valence-corrected chi connectivity index (χ3v) is 2.97. The first-order valence-corrected chi connectivity index (χ1v) is 6.56. The van der Waals surface area contributed by atoms with Gasteiger partial charge in [-0.1, -0.05) is 13.3 Å². The number of hydrogen-bond acceptors (Lipinski definition) is 3. The van der Waals surface area contributed by atoms with Crippen molar-refractivity contribution in [3.8, 4) is 0 Å². The number of rotatable bonds is 7. The second-order valence-corrected chi connectivity index (χ2v) is 4.62. The zero-order chi connectivity index (χ0) is 14.3. The van der Waals surface area contributed by atoms with Gasteiger partial charge in [-0.3, -0.25) is 9.59 Å². The maximum Gasteiger partial charge on any atom is 0.241 e. The predicted molar refractivity (Wildman–Crippen MR) is 72.3 cm³/mol. The highest BCUT2D eigenvalue weighted by Gasteiger charge is 2.17. The van der Waals surface area contributed by atoms with Gasteiger partial charge in [-0.15, -0.1) is 0 Å². The van der Waals surface area contributed by atoms with Crippen molar-refractivity contribution < 1.29 is 14.0 Å². The van der Waals surface area contributed by atoms with Crippen LogP contribution in [0.3, 0.4) is 0 Å². The van der Waals surface area contributed by atoms with Gasteiger partial charge in [0.25, 0.3) is 0 Å². The Balaban J connectivity index is 2.53. The van der Waals surface area contributed by atoms with E-state index in [1.807, 2.05) is 0 Å². The lowest BCUT2D eigenvalue weighted by Gasteiger charge is -2.23. The summed E-state index contributed by atoms with van der Waals surface area (Å²) >= 11 is 0. The number of furan rings is 1. The molecule has 2 amide bonds. The summed E-state index contributed by atoms with van der Waals surface area (Å²) in [6.45, 7) is 4.69. The Bertz CT molecular complexity index is 401. The maximum atomic E-state index is 12.0. The first kappa shape index (κ1) is 15.3. The molecule has 106 valence electrons. The second-order valence-electron chi connectivity index (χ2n) is 4.62. The molecule has 0 spiro atoms. The number of carbonyl (C=O) groups excluding carboxylic acids is 2. The zero-order valence-corrected chi connectivity index (χ0v) is 11.9. The summed E-state index contributed by atoms with van der Waals surface area (Å²) < 4.78 is 5.20. The number of unbranched alkanes of at least 4 members (excludes halogenated alkanes) is 1. The highest BCUT2D eigenvalue weighted by Crippen LogP contribution is 2.06. The molecule has 0 aliphatic rings. The van der Waals surface area contributed by atoms with Gasteiger partial charge >= 0.3 is 0 Å². The first-order valence-electron chi connectivity index (χ1n) is 6.56. The van der Waals surface area contributed by atoms with Crippen molar-refractivity contribution in [1.29, 1.82) is 0 Å². The largest absolute Gasteiger partial charge is 0.467 e. The van der Waals surface area contributed by atoms with Gasteiger partial charge in [0.05, 0.1) is 12.8 Å². The van der Waals surface area contributed by atoms with Gasteiger partial charge in [0, 0.05) is 20.5 Å². The van der Waals surface area contributed by atoms with E-state index in [4.69, 9.17) is 4.42 Å². The summed E-state index contributed by atoms with van der Waals surface area (Å²) in [6.07, 6.45) is 3.57. The zero-order valence-electron chi connectivity index (χ0n) is 11.9. The molecule has 5 heteroatoms. The van der Waals surface area contributed by atoms with Crippen LogP contribution in [0.5, 0.6) is 0 Å². The molecule has 1 heterocycles. The quantitative estimate of drug-likeness (QED) is 0.757. The molecule has 0 unspecified atom stereocenters. The molecule has 1 aromatic rings. The Hall–Kier alpha value is -1.78. The van der Waals surface area contributed by atoms with Crippen LogP contribution in [0.15, 0.2) is 22.8 Å². The van der Waals surface area contributed by atoms with Crippen LogP contribution < -0.4 is 0 Å². The molecule has 0 saturated heterocycles. The minimum absolute atomic E-state index is 0.0461. The Kier molecular flexibility index (Phi) is 6.12. The van der Waals surface area contributed by atoms with Gasteiger partial charge in [0.1, 0.15) is 12.3 Å². The van der Waals surface area contributed by atoms with E-state index in [1.54, 1.807) is 30.3 Å². The molecule has 0 fully saturated rings. The van der Waals surface area contributed by atoms with Crippen molar-refractivity contribution in [3.63, 3.8) is 0 Å². The number of likely N-dealkylation sites (N-methyl/N-ethyl adjacent to an activating group) is 1. The number of amides is 2. The number of carbonyl (C=O) groups is 2. The van der Waals surface area contributed by atoms with Gasteiger partial charge in [0.15, 0.2) is 0 Å². The molecule has 0 aliphatic heterocycles. The van der Waals surface area contributed by atoms with Crippen molar-refractivity contribution >= 4 is 11.8 Å². The highest BCUT2D eigenvalue weighted by atomic mass is 16.3. The fraction of sp³-hybridized carbons (Fsp3) is 0.571. The number of hydrogen-bond donors (Lipinski definition) is 0. The van der Waals surface area contributed by atoms with Crippen LogP contribution in [-0.4, -0.2) is 41.8 Å². The monoisotopic (exact) mass is 266 g/mol. The van der Waals surface area contributed by atoms with Crippen LogP contribution in [0.1, 0.15) is 32.4 Å². The van der Waals surface area contributed by atoms with Crippen molar-refractivity contribution in [2.24, 2.45) is 0 Å². The Morgan fingerprint density at radius 1 is 1.37 bits per heavy atom. The third-order valence-electron chi connectivity index (χ3n) is 2.97. The molecule has 0 saturated carbocycles. The maximum absolute atomic E-state index is 12.0. The average molecular weight is 266 g/mol. The molecule has 0 bridgehead atoms. The second kappa shape index (κ2) is 7.61. The molecule has 1 rings (SSSR count). The molecule has 5 nitrogen and oxygen atoms in total. The SMILES string of the molecule is CCCCN(C)C(=O)CN(Cc1ccco1)C(C)=O. The van der Waals surface area contributed by atoms with Gasteiger partial charge in [-0.05, 0) is 18.6 Å². The van der Waals surface area contributed by atoms with E-state index in [0.29, 0.717) is 12.3 Å². The van der Waals surface area contributed by atoms with Crippen molar-refractivity contribution in [2.45, 2.75) is 33.2 Å². The summed E-state index contributed by atoms with van der Waals surface area (Å²) in [6, 6.07) is 3.56. The summed E-state index contributed by atoms with van der Waals surface area (Å²) in [7, 11) is 1.77. The molecule has 0 aliphatic carbocycles. The lowest BCUT2D eigenvalue weighted by molar-refractivity contribution is -0.139. The predicted octanol–water partition coefficient (Wildman–Crippen LogP) is 1.89. The van der Waals surface area contributed by atoms with Gasteiger partial charge in [0.2, 0.25) is 11.8 Å². The van der Waals surface area contributed by atoms with E-state index in [0.717, 1.165) is 19.4 Å². The van der Waals surface area contributed by atoms with Gasteiger partial charge in [-0.2, -0.15) is 0 Å². The Morgan fingerprint density at radius 2 is 2.11 bits per heavy atom. The van der Waals surface area contributed by atoms with Gasteiger partial charge < -0.3 is 14.2 Å². The third kappa shape index (κ3) is 5.16. The fourth-order valence-corrected chi connectivity index (χ4v) is 1.67. The fourth-order valence-electron chi connectivity index (χ4n) is 1.67. The lowest BCUT2D eigenvalue weighted by Crippen LogP contribution is -2.40. The van der Waals surface area contributed by atoms with Crippen LogP contribution >= 0.6 is 0 Å². The van der Waals surface area contributed by atoms with Crippen LogP contribution in [0.2, 0.25) is 0 Å². The van der Waals surface area contributed by atoms with E-state index in [2.05, 4.69) is 6.92 Å². The van der Waals surface area contributed by atoms with E-state index in [-0.39, 0.29) is 18.4 Å². The highest BCUT2D eigenvalue weighted by molar-refractivity contribution is 5.83. The molecular formula is C14H22N2O3. The summed E-state index contributed by atoms with van der Waals surface area (Å²) in [4.78, 5) is 26.7. The van der Waals surface area contributed by atoms with Crippen LogP contribution in [0, 0.1) is 0 Å². The molecule has 0 aromatic carbocycles. The molecular weight excluding hydrogens is 244 g/mol. The smallest absolute Gasteiger partial charge is 0.241 e. The topological polar surface area (TPSA) is 53.8 Å². The lowest BCUT2D eigenvalue weighted by atomic mass is 10.3. The first-order chi connectivity index (χ1) is 9.04. The summed E-state index contributed by atoms with van der Waals surface area (Å²) in [5.74, 6) is 0.503. The van der Waals surface area contributed by atoms with Crippen LogP contribution in [0.25, 0.3) is 0 Å². The Labute approximate surface area is 114 Å². The van der Waals surface area contributed by atoms with Crippen LogP contribution in [0.4, 0.5) is 0 Å². The molecule has 0 atom stereocenters.